The van der Waals surface area contributed by atoms with Crippen molar-refractivity contribution in [3.05, 3.63) is 47.5 Å². The summed E-state index contributed by atoms with van der Waals surface area (Å²) in [6.45, 7) is 5.62. The van der Waals surface area contributed by atoms with Crippen LogP contribution in [-0.2, 0) is 9.47 Å². The SMILES string of the molecule is CC#Cc1ccc([C@H]2OC[C@H]([C@H]3CC[C@H](C=CC)CC3)CO2)cc1. The van der Waals surface area contributed by atoms with Crippen molar-refractivity contribution in [3.63, 3.8) is 0 Å². The lowest BCUT2D eigenvalue weighted by molar-refractivity contribution is -0.214. The molecule has 128 valence electrons. The third kappa shape index (κ3) is 4.29. The average Bonchev–Trinajstić information content (AvgIpc) is 2.64. The molecule has 1 aliphatic carbocycles. The molecule has 24 heavy (non-hydrogen) atoms. The Balaban J connectivity index is 1.49. The van der Waals surface area contributed by atoms with Crippen LogP contribution >= 0.6 is 0 Å². The van der Waals surface area contributed by atoms with E-state index in [1.807, 2.05) is 19.1 Å². The largest absolute Gasteiger partial charge is 0.348 e. The zero-order chi connectivity index (χ0) is 16.8. The Bertz CT molecular complexity index is 589. The van der Waals surface area contributed by atoms with Gasteiger partial charge in [-0.25, -0.2) is 0 Å². The monoisotopic (exact) mass is 324 g/mol. The highest BCUT2D eigenvalue weighted by atomic mass is 16.7. The van der Waals surface area contributed by atoms with Gasteiger partial charge in [-0.15, -0.1) is 5.92 Å². The summed E-state index contributed by atoms with van der Waals surface area (Å²) in [7, 11) is 0. The lowest BCUT2D eigenvalue weighted by Gasteiger charge is -2.37. The van der Waals surface area contributed by atoms with E-state index in [0.29, 0.717) is 5.92 Å². The number of benzene rings is 1. The summed E-state index contributed by atoms with van der Waals surface area (Å²) in [5, 5.41) is 0. The molecule has 1 saturated heterocycles. The second-order valence-electron chi connectivity index (χ2n) is 6.96. The highest BCUT2D eigenvalue weighted by molar-refractivity contribution is 5.36. The van der Waals surface area contributed by atoms with E-state index >= 15 is 0 Å². The minimum Gasteiger partial charge on any atom is -0.348 e. The Labute approximate surface area is 146 Å². The smallest absolute Gasteiger partial charge is 0.183 e. The van der Waals surface area contributed by atoms with Crippen LogP contribution in [0.1, 0.15) is 56.9 Å². The van der Waals surface area contributed by atoms with Crippen molar-refractivity contribution in [3.8, 4) is 11.8 Å². The van der Waals surface area contributed by atoms with Gasteiger partial charge >= 0.3 is 0 Å². The summed E-state index contributed by atoms with van der Waals surface area (Å²) in [5.41, 5.74) is 2.12. The predicted molar refractivity (Wildman–Crippen MR) is 97.4 cm³/mol. The van der Waals surface area contributed by atoms with Gasteiger partial charge in [-0.2, -0.15) is 0 Å². The van der Waals surface area contributed by atoms with E-state index in [1.54, 1.807) is 0 Å². The fraction of sp³-hybridized carbons (Fsp3) is 0.545. The van der Waals surface area contributed by atoms with Crippen LogP contribution in [0.25, 0.3) is 0 Å². The predicted octanol–water partition coefficient (Wildman–Crippen LogP) is 5.10. The van der Waals surface area contributed by atoms with Gasteiger partial charge in [0.15, 0.2) is 6.29 Å². The number of ether oxygens (including phenoxy) is 2. The van der Waals surface area contributed by atoms with Crippen LogP contribution in [0.15, 0.2) is 36.4 Å². The Morgan fingerprint density at radius 2 is 1.62 bits per heavy atom. The van der Waals surface area contributed by atoms with Gasteiger partial charge in [0.25, 0.3) is 0 Å². The fourth-order valence-corrected chi connectivity index (χ4v) is 3.93. The molecule has 2 heteroatoms. The Morgan fingerprint density at radius 1 is 0.958 bits per heavy atom. The molecule has 0 N–H and O–H groups in total. The number of allylic oxidation sites excluding steroid dienone is 2. The first-order valence-corrected chi connectivity index (χ1v) is 9.19. The van der Waals surface area contributed by atoms with Crippen LogP contribution in [0, 0.1) is 29.6 Å². The Kier molecular flexibility index (Phi) is 6.12. The van der Waals surface area contributed by atoms with E-state index in [2.05, 4.69) is 43.0 Å². The molecule has 2 fully saturated rings. The van der Waals surface area contributed by atoms with Crippen molar-refractivity contribution in [1.29, 1.82) is 0 Å². The van der Waals surface area contributed by atoms with Gasteiger partial charge in [-0.3, -0.25) is 0 Å². The third-order valence-corrected chi connectivity index (χ3v) is 5.32. The van der Waals surface area contributed by atoms with Crippen molar-refractivity contribution in [1.82, 2.24) is 0 Å². The highest BCUT2D eigenvalue weighted by Crippen LogP contribution is 2.37. The summed E-state index contributed by atoms with van der Waals surface area (Å²) < 4.78 is 12.1. The molecule has 0 amide bonds. The first-order valence-electron chi connectivity index (χ1n) is 9.19. The second-order valence-corrected chi connectivity index (χ2v) is 6.96. The van der Waals surface area contributed by atoms with E-state index in [9.17, 15) is 0 Å². The molecule has 2 nitrogen and oxygen atoms in total. The molecule has 1 heterocycles. The van der Waals surface area contributed by atoms with Gasteiger partial charge in [-0.05, 0) is 63.5 Å². The van der Waals surface area contributed by atoms with Gasteiger partial charge < -0.3 is 9.47 Å². The molecule has 0 spiro atoms. The van der Waals surface area contributed by atoms with Gasteiger partial charge in [0, 0.05) is 17.0 Å². The summed E-state index contributed by atoms with van der Waals surface area (Å²) in [6, 6.07) is 8.19. The lowest BCUT2D eigenvalue weighted by Crippen LogP contribution is -2.34. The molecule has 0 radical (unpaired) electrons. The van der Waals surface area contributed by atoms with E-state index in [4.69, 9.17) is 9.47 Å². The molecule has 0 atom stereocenters. The fourth-order valence-electron chi connectivity index (χ4n) is 3.93. The number of rotatable bonds is 3. The van der Waals surface area contributed by atoms with Crippen LogP contribution in [0.2, 0.25) is 0 Å². The number of hydrogen-bond donors (Lipinski definition) is 0. The van der Waals surface area contributed by atoms with Crippen LogP contribution in [0.4, 0.5) is 0 Å². The molecule has 1 saturated carbocycles. The third-order valence-electron chi connectivity index (χ3n) is 5.32. The van der Waals surface area contributed by atoms with Crippen molar-refractivity contribution < 1.29 is 9.47 Å². The molecular weight excluding hydrogens is 296 g/mol. The molecule has 2 aliphatic rings. The van der Waals surface area contributed by atoms with Crippen LogP contribution < -0.4 is 0 Å². The molecule has 1 aromatic rings. The molecule has 0 bridgehead atoms. The second kappa shape index (κ2) is 8.51. The normalized spacial score (nSPS) is 30.8. The Morgan fingerprint density at radius 3 is 2.21 bits per heavy atom. The zero-order valence-electron chi connectivity index (χ0n) is 14.8. The van der Waals surface area contributed by atoms with Crippen molar-refractivity contribution >= 4 is 0 Å². The first kappa shape index (κ1) is 17.3. The van der Waals surface area contributed by atoms with Crippen LogP contribution in [0.5, 0.6) is 0 Å². The van der Waals surface area contributed by atoms with Crippen molar-refractivity contribution in [2.45, 2.75) is 45.8 Å². The minimum absolute atomic E-state index is 0.218. The van der Waals surface area contributed by atoms with Crippen LogP contribution in [0.3, 0.4) is 0 Å². The maximum Gasteiger partial charge on any atom is 0.183 e. The Hall–Kier alpha value is -1.56. The van der Waals surface area contributed by atoms with E-state index in [-0.39, 0.29) is 6.29 Å². The average molecular weight is 324 g/mol. The van der Waals surface area contributed by atoms with Gasteiger partial charge in [0.2, 0.25) is 0 Å². The van der Waals surface area contributed by atoms with Crippen molar-refractivity contribution in [2.75, 3.05) is 13.2 Å². The zero-order valence-corrected chi connectivity index (χ0v) is 14.8. The lowest BCUT2D eigenvalue weighted by atomic mass is 9.76. The van der Waals surface area contributed by atoms with Gasteiger partial charge in [0.05, 0.1) is 13.2 Å². The topological polar surface area (TPSA) is 18.5 Å². The summed E-state index contributed by atoms with van der Waals surface area (Å²) in [5.74, 6) is 8.08. The molecule has 0 aromatic heterocycles. The molecule has 1 aliphatic heterocycles. The van der Waals surface area contributed by atoms with E-state index in [1.165, 1.54) is 25.7 Å². The summed E-state index contributed by atoms with van der Waals surface area (Å²) in [6.07, 6.45) is 9.59. The summed E-state index contributed by atoms with van der Waals surface area (Å²) >= 11 is 0. The minimum atomic E-state index is -0.218. The van der Waals surface area contributed by atoms with Crippen molar-refractivity contribution in [2.24, 2.45) is 17.8 Å². The van der Waals surface area contributed by atoms with Gasteiger partial charge in [0.1, 0.15) is 0 Å². The van der Waals surface area contributed by atoms with Crippen LogP contribution in [-0.4, -0.2) is 13.2 Å². The molecular formula is C22H28O2. The van der Waals surface area contributed by atoms with E-state index < -0.39 is 0 Å². The van der Waals surface area contributed by atoms with Gasteiger partial charge in [-0.1, -0.05) is 30.2 Å². The quantitative estimate of drug-likeness (QED) is 0.569. The maximum atomic E-state index is 6.03. The molecule has 1 aromatic carbocycles. The highest BCUT2D eigenvalue weighted by Gasteiger charge is 2.31. The molecule has 3 rings (SSSR count). The summed E-state index contributed by atoms with van der Waals surface area (Å²) in [4.78, 5) is 0. The van der Waals surface area contributed by atoms with E-state index in [0.717, 1.165) is 36.2 Å². The number of hydrogen-bond acceptors (Lipinski definition) is 2. The molecule has 0 unspecified atom stereocenters. The maximum absolute atomic E-state index is 6.03. The standard InChI is InChI=1S/C22H28O2/c1-3-5-17-7-11-19(12-8-17)21-15-23-22(24-16-21)20-13-9-18(6-4-2)10-14-20/h3,5,9-10,13-14,17,19,21-22H,7-8,11-12,15-16H2,1-2H3/t17-,19-,21-,22-. The first-order chi connectivity index (χ1) is 11.8.